The fourth-order valence-corrected chi connectivity index (χ4v) is 4.12. The summed E-state index contributed by atoms with van der Waals surface area (Å²) in [6.07, 6.45) is 2.81. The van der Waals surface area contributed by atoms with Crippen LogP contribution in [0.3, 0.4) is 0 Å². The Bertz CT molecular complexity index is 961. The average Bonchev–Trinajstić information content (AvgIpc) is 3.46. The van der Waals surface area contributed by atoms with Crippen LogP contribution in [0.4, 0.5) is 13.6 Å². The molecule has 2 aromatic rings. The van der Waals surface area contributed by atoms with Gasteiger partial charge in [-0.05, 0) is 65.5 Å². The van der Waals surface area contributed by atoms with Crippen LogP contribution in [0.2, 0.25) is 0 Å². The molecule has 1 aliphatic heterocycles. The third-order valence-electron chi connectivity index (χ3n) is 5.89. The van der Waals surface area contributed by atoms with Gasteiger partial charge in [-0.25, -0.2) is 13.6 Å². The molecule has 0 N–H and O–H groups in total. The summed E-state index contributed by atoms with van der Waals surface area (Å²) in [5, 5.41) is 4.01. The molecule has 2 fully saturated rings. The van der Waals surface area contributed by atoms with Crippen LogP contribution in [0.1, 0.15) is 70.6 Å². The van der Waals surface area contributed by atoms with E-state index >= 15 is 0 Å². The Hall–Kier alpha value is -2.48. The molecule has 32 heavy (non-hydrogen) atoms. The van der Waals surface area contributed by atoms with Gasteiger partial charge in [0.05, 0.1) is 18.3 Å². The van der Waals surface area contributed by atoms with E-state index in [1.54, 1.807) is 4.90 Å². The molecule has 1 saturated carbocycles. The lowest BCUT2D eigenvalue weighted by Crippen LogP contribution is -2.48. The van der Waals surface area contributed by atoms with Crippen LogP contribution in [0.25, 0.3) is 11.3 Å². The smallest absolute Gasteiger partial charge is 0.410 e. The molecular formula is C24H30F2N2O4. The molecule has 2 aliphatic rings. The van der Waals surface area contributed by atoms with Crippen molar-refractivity contribution in [3.63, 3.8) is 0 Å². The Morgan fingerprint density at radius 1 is 1.22 bits per heavy atom. The summed E-state index contributed by atoms with van der Waals surface area (Å²) in [7, 11) is 0. The second kappa shape index (κ2) is 8.81. The van der Waals surface area contributed by atoms with Crippen molar-refractivity contribution in [3.05, 3.63) is 41.2 Å². The molecule has 1 saturated heterocycles. The molecule has 1 aromatic heterocycles. The molecule has 1 aliphatic carbocycles. The van der Waals surface area contributed by atoms with Crippen molar-refractivity contribution in [2.75, 3.05) is 6.54 Å². The molecule has 2 atom stereocenters. The molecule has 0 spiro atoms. The molecule has 4 rings (SSSR count). The van der Waals surface area contributed by atoms with Gasteiger partial charge < -0.3 is 18.9 Å². The summed E-state index contributed by atoms with van der Waals surface area (Å²) in [4.78, 5) is 14.2. The Balaban J connectivity index is 1.46. The van der Waals surface area contributed by atoms with Gasteiger partial charge in [-0.3, -0.25) is 0 Å². The van der Waals surface area contributed by atoms with Crippen LogP contribution in [0, 0.1) is 11.6 Å². The van der Waals surface area contributed by atoms with E-state index in [0.717, 1.165) is 12.8 Å². The normalized spacial score (nSPS) is 21.6. The topological polar surface area (TPSA) is 64.8 Å². The van der Waals surface area contributed by atoms with Gasteiger partial charge >= 0.3 is 6.09 Å². The average molecular weight is 449 g/mol. The number of benzene rings is 1. The predicted molar refractivity (Wildman–Crippen MR) is 114 cm³/mol. The molecule has 1 aromatic carbocycles. The molecule has 0 radical (unpaired) electrons. The second-order valence-electron chi connectivity index (χ2n) is 9.73. The van der Waals surface area contributed by atoms with Gasteiger partial charge in [0.1, 0.15) is 28.7 Å². The van der Waals surface area contributed by atoms with Crippen molar-refractivity contribution in [2.24, 2.45) is 0 Å². The Labute approximate surface area is 186 Å². The van der Waals surface area contributed by atoms with Gasteiger partial charge in [0.25, 0.3) is 0 Å². The molecule has 174 valence electrons. The van der Waals surface area contributed by atoms with Crippen LogP contribution in [-0.4, -0.2) is 40.4 Å². The van der Waals surface area contributed by atoms with Gasteiger partial charge in [0, 0.05) is 24.1 Å². The zero-order valence-corrected chi connectivity index (χ0v) is 19.0. The number of likely N-dealkylation sites (tertiary alicyclic amines) is 1. The van der Waals surface area contributed by atoms with E-state index in [0.29, 0.717) is 30.7 Å². The summed E-state index contributed by atoms with van der Waals surface area (Å²) in [5.74, 6) is -0.484. The molecule has 8 heteroatoms. The zero-order chi connectivity index (χ0) is 23.0. The lowest BCUT2D eigenvalue weighted by molar-refractivity contribution is -0.0331. The van der Waals surface area contributed by atoms with Crippen LogP contribution in [-0.2, 0) is 16.1 Å². The number of hydrogen-bond donors (Lipinski definition) is 0. The van der Waals surface area contributed by atoms with Crippen molar-refractivity contribution < 1.29 is 27.6 Å². The van der Waals surface area contributed by atoms with Crippen molar-refractivity contribution in [3.8, 4) is 11.3 Å². The first-order valence-electron chi connectivity index (χ1n) is 11.2. The van der Waals surface area contributed by atoms with E-state index < -0.39 is 17.2 Å². The van der Waals surface area contributed by atoms with Crippen molar-refractivity contribution >= 4 is 6.09 Å². The Morgan fingerprint density at radius 2 is 1.91 bits per heavy atom. The van der Waals surface area contributed by atoms with E-state index in [1.807, 2.05) is 27.7 Å². The molecule has 0 unspecified atom stereocenters. The minimum atomic E-state index is -0.679. The van der Waals surface area contributed by atoms with Crippen LogP contribution in [0.5, 0.6) is 0 Å². The maximum Gasteiger partial charge on any atom is 0.410 e. The lowest BCUT2D eigenvalue weighted by Gasteiger charge is -2.38. The standard InChI is InChI=1S/C24H30F2N2O4/c1-14-12-16(10-11-28(14)23(29)31-24(2,3)4)30-13-17-21(27-32-22(17)15-8-9-15)20-18(25)6-5-7-19(20)26/h5-7,14-16H,8-13H2,1-4H3/t14-,16-/m1/s1. The Morgan fingerprint density at radius 3 is 2.50 bits per heavy atom. The predicted octanol–water partition coefficient (Wildman–Crippen LogP) is 5.80. The number of halogens is 2. The van der Waals surface area contributed by atoms with Crippen molar-refractivity contribution in [1.82, 2.24) is 10.1 Å². The van der Waals surface area contributed by atoms with Gasteiger partial charge in [-0.15, -0.1) is 0 Å². The van der Waals surface area contributed by atoms with E-state index in [9.17, 15) is 13.6 Å². The Kier molecular flexibility index (Phi) is 6.25. The van der Waals surface area contributed by atoms with Crippen LogP contribution in [0.15, 0.2) is 22.7 Å². The first kappa shape index (κ1) is 22.7. The van der Waals surface area contributed by atoms with E-state index in [-0.39, 0.29) is 42.0 Å². The molecular weight excluding hydrogens is 418 g/mol. The highest BCUT2D eigenvalue weighted by molar-refractivity contribution is 5.68. The fraction of sp³-hybridized carbons (Fsp3) is 0.583. The van der Waals surface area contributed by atoms with Gasteiger partial charge in [0.2, 0.25) is 0 Å². The highest BCUT2D eigenvalue weighted by atomic mass is 19.1. The number of hydrogen-bond acceptors (Lipinski definition) is 5. The fourth-order valence-electron chi connectivity index (χ4n) is 4.12. The van der Waals surface area contributed by atoms with E-state index in [4.69, 9.17) is 14.0 Å². The first-order chi connectivity index (χ1) is 15.1. The largest absolute Gasteiger partial charge is 0.444 e. The van der Waals surface area contributed by atoms with Crippen LogP contribution >= 0.6 is 0 Å². The summed E-state index contributed by atoms with van der Waals surface area (Å²) >= 11 is 0. The second-order valence-corrected chi connectivity index (χ2v) is 9.73. The van der Waals surface area contributed by atoms with E-state index in [1.165, 1.54) is 18.2 Å². The van der Waals surface area contributed by atoms with Gasteiger partial charge in [-0.1, -0.05) is 11.2 Å². The molecule has 0 bridgehead atoms. The number of nitrogens with zero attached hydrogens (tertiary/aromatic N) is 2. The highest BCUT2D eigenvalue weighted by Crippen LogP contribution is 2.45. The van der Waals surface area contributed by atoms with Gasteiger partial charge in [-0.2, -0.15) is 0 Å². The zero-order valence-electron chi connectivity index (χ0n) is 19.0. The monoisotopic (exact) mass is 448 g/mol. The number of carbonyl (C=O) groups excluding carboxylic acids is 1. The summed E-state index contributed by atoms with van der Waals surface area (Å²) in [5.41, 5.74) is 0.0473. The number of carbonyl (C=O) groups is 1. The van der Waals surface area contributed by atoms with Crippen molar-refractivity contribution in [2.45, 2.75) is 83.6 Å². The highest BCUT2D eigenvalue weighted by Gasteiger charge is 2.36. The van der Waals surface area contributed by atoms with Crippen molar-refractivity contribution in [1.29, 1.82) is 0 Å². The van der Waals surface area contributed by atoms with E-state index in [2.05, 4.69) is 5.16 Å². The minimum absolute atomic E-state index is 0.0440. The third-order valence-corrected chi connectivity index (χ3v) is 5.89. The quantitative estimate of drug-likeness (QED) is 0.578. The third kappa shape index (κ3) is 4.95. The van der Waals surface area contributed by atoms with Crippen LogP contribution < -0.4 is 0 Å². The summed E-state index contributed by atoms with van der Waals surface area (Å²) in [6, 6.07) is 3.70. The lowest BCUT2D eigenvalue weighted by atomic mass is 10.0. The number of rotatable bonds is 5. The maximum absolute atomic E-state index is 14.4. The number of ether oxygens (including phenoxy) is 2. The minimum Gasteiger partial charge on any atom is -0.444 e. The summed E-state index contributed by atoms with van der Waals surface area (Å²) in [6.45, 7) is 8.18. The molecule has 6 nitrogen and oxygen atoms in total. The molecule has 2 heterocycles. The van der Waals surface area contributed by atoms with Gasteiger partial charge in [0.15, 0.2) is 0 Å². The number of amides is 1. The SMILES string of the molecule is C[C@@H]1C[C@H](OCc2c(-c3c(F)cccc3F)noc2C2CC2)CCN1C(=O)OC(C)(C)C. The summed E-state index contributed by atoms with van der Waals surface area (Å²) < 4.78 is 46.0. The first-order valence-corrected chi connectivity index (χ1v) is 11.2. The number of piperidine rings is 1. The molecule has 1 amide bonds. The number of aromatic nitrogens is 1. The maximum atomic E-state index is 14.4.